The Balaban J connectivity index is 3.22. The highest BCUT2D eigenvalue weighted by Crippen LogP contribution is 2.34. The molecule has 0 amide bonds. The van der Waals surface area contributed by atoms with Crippen LogP contribution in [0.15, 0.2) is 17.0 Å². The summed E-state index contributed by atoms with van der Waals surface area (Å²) < 4.78 is 5.41. The average Bonchev–Trinajstić information content (AvgIpc) is 2.37. The van der Waals surface area contributed by atoms with Gasteiger partial charge in [0.2, 0.25) is 0 Å². The van der Waals surface area contributed by atoms with Gasteiger partial charge in [-0.1, -0.05) is 13.8 Å². The van der Waals surface area contributed by atoms with Crippen molar-refractivity contribution in [2.45, 2.75) is 37.5 Å². The Labute approximate surface area is 108 Å². The first-order valence-corrected chi connectivity index (χ1v) is 7.08. The van der Waals surface area contributed by atoms with E-state index < -0.39 is 0 Å². The van der Waals surface area contributed by atoms with Gasteiger partial charge in [0.05, 0.1) is 7.11 Å². The summed E-state index contributed by atoms with van der Waals surface area (Å²) in [6.07, 6.45) is 4.56. The molecular formula is C14H20O2S. The van der Waals surface area contributed by atoms with Crippen molar-refractivity contribution in [2.75, 3.05) is 13.4 Å². The van der Waals surface area contributed by atoms with E-state index in [2.05, 4.69) is 32.2 Å². The Morgan fingerprint density at radius 1 is 1.47 bits per heavy atom. The minimum absolute atomic E-state index is 0.245. The predicted molar refractivity (Wildman–Crippen MR) is 73.2 cm³/mol. The molecule has 0 saturated carbocycles. The summed E-state index contributed by atoms with van der Waals surface area (Å²) in [7, 11) is 1.70. The lowest BCUT2D eigenvalue weighted by Gasteiger charge is -2.17. The topological polar surface area (TPSA) is 26.3 Å². The number of ether oxygens (including phenoxy) is 1. The molecular weight excluding hydrogens is 232 g/mol. The third-order valence-electron chi connectivity index (χ3n) is 2.99. The second-order valence-corrected chi connectivity index (χ2v) is 4.91. The van der Waals surface area contributed by atoms with Crippen LogP contribution in [-0.4, -0.2) is 19.7 Å². The van der Waals surface area contributed by atoms with Crippen LogP contribution in [0.25, 0.3) is 0 Å². The van der Waals surface area contributed by atoms with E-state index in [1.807, 2.05) is 0 Å². The highest BCUT2D eigenvalue weighted by molar-refractivity contribution is 7.98. The van der Waals surface area contributed by atoms with Gasteiger partial charge in [-0.3, -0.25) is 0 Å². The lowest BCUT2D eigenvalue weighted by Crippen LogP contribution is -2.00. The molecule has 3 heteroatoms. The third kappa shape index (κ3) is 3.25. The summed E-state index contributed by atoms with van der Waals surface area (Å²) in [6, 6.07) is 4.26. The van der Waals surface area contributed by atoms with Gasteiger partial charge in [0, 0.05) is 11.3 Å². The quantitative estimate of drug-likeness (QED) is 0.571. The number of benzene rings is 1. The van der Waals surface area contributed by atoms with E-state index in [9.17, 15) is 4.79 Å². The second kappa shape index (κ2) is 6.70. The predicted octanol–water partition coefficient (Wildman–Crippen LogP) is 3.67. The van der Waals surface area contributed by atoms with Gasteiger partial charge in [0.25, 0.3) is 0 Å². The van der Waals surface area contributed by atoms with Crippen molar-refractivity contribution in [3.63, 3.8) is 0 Å². The van der Waals surface area contributed by atoms with Gasteiger partial charge >= 0.3 is 0 Å². The number of carbonyl (C=O) groups is 1. The maximum absolute atomic E-state index is 10.6. The van der Waals surface area contributed by atoms with Crippen molar-refractivity contribution in [1.29, 1.82) is 0 Å². The SMILES string of the molecule is CCc1cc(SC)c(C(C)CC=O)cc1OC. The molecule has 0 aliphatic rings. The molecule has 0 bridgehead atoms. The summed E-state index contributed by atoms with van der Waals surface area (Å²) in [5.74, 6) is 1.17. The molecule has 0 aliphatic carbocycles. The van der Waals surface area contributed by atoms with E-state index in [1.165, 1.54) is 16.0 Å². The summed E-state index contributed by atoms with van der Waals surface area (Å²) in [5.41, 5.74) is 2.43. The maximum atomic E-state index is 10.6. The number of carbonyl (C=O) groups excluding carboxylic acids is 1. The smallest absolute Gasteiger partial charge is 0.122 e. The van der Waals surface area contributed by atoms with Crippen LogP contribution < -0.4 is 4.74 Å². The number of aldehydes is 1. The van der Waals surface area contributed by atoms with Crippen molar-refractivity contribution in [1.82, 2.24) is 0 Å². The minimum atomic E-state index is 0.245. The van der Waals surface area contributed by atoms with Crippen LogP contribution in [0.4, 0.5) is 0 Å². The van der Waals surface area contributed by atoms with E-state index in [0.717, 1.165) is 18.5 Å². The van der Waals surface area contributed by atoms with Crippen LogP contribution >= 0.6 is 11.8 Å². The molecule has 0 fully saturated rings. The number of aryl methyl sites for hydroxylation is 1. The molecule has 1 rings (SSSR count). The summed E-state index contributed by atoms with van der Waals surface area (Å²) >= 11 is 1.73. The average molecular weight is 252 g/mol. The first-order chi connectivity index (χ1) is 8.17. The van der Waals surface area contributed by atoms with Crippen molar-refractivity contribution in [3.05, 3.63) is 23.3 Å². The van der Waals surface area contributed by atoms with E-state index in [0.29, 0.717) is 6.42 Å². The third-order valence-corrected chi connectivity index (χ3v) is 3.79. The Morgan fingerprint density at radius 2 is 2.18 bits per heavy atom. The molecule has 94 valence electrons. The lowest BCUT2D eigenvalue weighted by atomic mass is 9.96. The Hall–Kier alpha value is -0.960. The van der Waals surface area contributed by atoms with Crippen LogP contribution in [0.1, 0.15) is 37.3 Å². The molecule has 0 aromatic heterocycles. The minimum Gasteiger partial charge on any atom is -0.496 e. The largest absolute Gasteiger partial charge is 0.496 e. The monoisotopic (exact) mass is 252 g/mol. The fraction of sp³-hybridized carbons (Fsp3) is 0.500. The number of hydrogen-bond donors (Lipinski definition) is 0. The van der Waals surface area contributed by atoms with Crippen LogP contribution in [0.5, 0.6) is 5.75 Å². The van der Waals surface area contributed by atoms with Crippen LogP contribution in [0.2, 0.25) is 0 Å². The normalized spacial score (nSPS) is 12.2. The number of rotatable bonds is 6. The lowest BCUT2D eigenvalue weighted by molar-refractivity contribution is -0.108. The van der Waals surface area contributed by atoms with Crippen molar-refractivity contribution in [2.24, 2.45) is 0 Å². The molecule has 1 unspecified atom stereocenters. The van der Waals surface area contributed by atoms with E-state index in [-0.39, 0.29) is 5.92 Å². The zero-order chi connectivity index (χ0) is 12.8. The van der Waals surface area contributed by atoms with Gasteiger partial charge < -0.3 is 9.53 Å². The standard InChI is InChI=1S/C14H20O2S/c1-5-11-8-14(17-4)12(9-13(11)16-3)10(2)6-7-15/h7-10H,5-6H2,1-4H3. The summed E-state index contributed by atoms with van der Waals surface area (Å²) in [4.78, 5) is 11.9. The number of hydrogen-bond acceptors (Lipinski definition) is 3. The first-order valence-electron chi connectivity index (χ1n) is 5.86. The Bertz CT molecular complexity index is 388. The van der Waals surface area contributed by atoms with Gasteiger partial charge in [0.15, 0.2) is 0 Å². The molecule has 1 aromatic carbocycles. The molecule has 0 spiro atoms. The Morgan fingerprint density at radius 3 is 2.65 bits per heavy atom. The zero-order valence-corrected chi connectivity index (χ0v) is 11.8. The molecule has 17 heavy (non-hydrogen) atoms. The molecule has 0 saturated heterocycles. The van der Waals surface area contributed by atoms with Crippen molar-refractivity contribution >= 4 is 18.0 Å². The summed E-state index contributed by atoms with van der Waals surface area (Å²) in [6.45, 7) is 4.20. The van der Waals surface area contributed by atoms with Crippen molar-refractivity contribution in [3.8, 4) is 5.75 Å². The molecule has 0 heterocycles. The van der Waals surface area contributed by atoms with Gasteiger partial charge in [-0.25, -0.2) is 0 Å². The highest BCUT2D eigenvalue weighted by atomic mass is 32.2. The highest BCUT2D eigenvalue weighted by Gasteiger charge is 2.14. The van der Waals surface area contributed by atoms with E-state index in [4.69, 9.17) is 4.74 Å². The molecule has 1 atom stereocenters. The molecule has 0 aliphatic heterocycles. The fourth-order valence-corrected chi connectivity index (χ4v) is 2.67. The molecule has 1 aromatic rings. The van der Waals surface area contributed by atoms with Gasteiger partial charge in [0.1, 0.15) is 12.0 Å². The maximum Gasteiger partial charge on any atom is 0.122 e. The van der Waals surface area contributed by atoms with Gasteiger partial charge in [-0.15, -0.1) is 11.8 Å². The molecule has 0 N–H and O–H groups in total. The van der Waals surface area contributed by atoms with E-state index in [1.54, 1.807) is 18.9 Å². The van der Waals surface area contributed by atoms with Crippen LogP contribution in [0.3, 0.4) is 0 Å². The zero-order valence-electron chi connectivity index (χ0n) is 10.9. The Kier molecular flexibility index (Phi) is 5.56. The number of methoxy groups -OCH3 is 1. The van der Waals surface area contributed by atoms with Gasteiger partial charge in [-0.2, -0.15) is 0 Å². The number of thioether (sulfide) groups is 1. The van der Waals surface area contributed by atoms with Crippen molar-refractivity contribution < 1.29 is 9.53 Å². The fourth-order valence-electron chi connectivity index (χ4n) is 1.92. The van der Waals surface area contributed by atoms with E-state index >= 15 is 0 Å². The van der Waals surface area contributed by atoms with Gasteiger partial charge in [-0.05, 0) is 41.9 Å². The van der Waals surface area contributed by atoms with Crippen LogP contribution in [0, 0.1) is 0 Å². The molecule has 0 radical (unpaired) electrons. The summed E-state index contributed by atoms with van der Waals surface area (Å²) in [5, 5.41) is 0. The second-order valence-electron chi connectivity index (χ2n) is 4.06. The first kappa shape index (κ1) is 14.1. The van der Waals surface area contributed by atoms with Crippen LogP contribution in [-0.2, 0) is 11.2 Å². The molecule has 2 nitrogen and oxygen atoms in total.